The normalized spacial score (nSPS) is 16.5. The molecule has 0 atom stereocenters. The molecule has 1 aromatic heterocycles. The minimum Gasteiger partial charge on any atom is -0.391 e. The summed E-state index contributed by atoms with van der Waals surface area (Å²) in [6.45, 7) is 9.88. The van der Waals surface area contributed by atoms with Crippen LogP contribution >= 0.6 is 0 Å². The topological polar surface area (TPSA) is 63.7 Å². The van der Waals surface area contributed by atoms with Gasteiger partial charge in [-0.2, -0.15) is 0 Å². The monoisotopic (exact) mass is 293 g/mol. The molecule has 6 nitrogen and oxygen atoms in total. The fourth-order valence-corrected chi connectivity index (χ4v) is 2.05. The van der Waals surface area contributed by atoms with Gasteiger partial charge >= 0.3 is 6.09 Å². The summed E-state index contributed by atoms with van der Waals surface area (Å²) in [5.41, 5.74) is 0.744. The van der Waals surface area contributed by atoms with E-state index in [0.29, 0.717) is 5.88 Å². The number of morpholine rings is 1. The maximum Gasteiger partial charge on any atom is 0.414 e. The lowest BCUT2D eigenvalue weighted by Crippen LogP contribution is -2.42. The van der Waals surface area contributed by atoms with Gasteiger partial charge in [0, 0.05) is 37.4 Å². The van der Waals surface area contributed by atoms with Crippen molar-refractivity contribution in [3.63, 3.8) is 0 Å². The molecule has 1 saturated heterocycles. The predicted molar refractivity (Wildman–Crippen MR) is 79.2 cm³/mol. The summed E-state index contributed by atoms with van der Waals surface area (Å²) in [7, 11) is 0. The minimum atomic E-state index is -0.487. The molecular formula is C15H23N3O3. The number of carbonyl (C=O) groups is 1. The molecule has 0 bridgehead atoms. The van der Waals surface area contributed by atoms with Crippen molar-refractivity contribution in [1.29, 1.82) is 0 Å². The molecule has 0 spiro atoms. The lowest BCUT2D eigenvalue weighted by atomic mass is 10.1. The molecular weight excluding hydrogens is 270 g/mol. The van der Waals surface area contributed by atoms with E-state index in [-0.39, 0.29) is 5.54 Å². The van der Waals surface area contributed by atoms with Crippen LogP contribution < -0.4 is 10.1 Å². The summed E-state index contributed by atoms with van der Waals surface area (Å²) in [5, 5.41) is 2.74. The van der Waals surface area contributed by atoms with Gasteiger partial charge in [0.15, 0.2) is 0 Å². The van der Waals surface area contributed by atoms with Gasteiger partial charge in [-0.15, -0.1) is 0 Å². The Kier molecular flexibility index (Phi) is 5.14. The Morgan fingerprint density at radius 3 is 2.81 bits per heavy atom. The van der Waals surface area contributed by atoms with E-state index in [1.54, 1.807) is 12.3 Å². The van der Waals surface area contributed by atoms with Gasteiger partial charge in [-0.1, -0.05) is 0 Å². The molecule has 2 rings (SSSR count). The van der Waals surface area contributed by atoms with Crippen molar-refractivity contribution >= 4 is 6.09 Å². The second-order valence-corrected chi connectivity index (χ2v) is 6.16. The van der Waals surface area contributed by atoms with E-state index >= 15 is 0 Å². The van der Waals surface area contributed by atoms with E-state index < -0.39 is 6.09 Å². The first-order valence-electron chi connectivity index (χ1n) is 7.17. The van der Waals surface area contributed by atoms with Gasteiger partial charge in [0.2, 0.25) is 5.88 Å². The SMILES string of the molecule is CC(C)(C)NC(=O)Oc1cc(CN2CCOCC2)ccn1. The molecule has 0 aromatic carbocycles. The number of hydrogen-bond acceptors (Lipinski definition) is 5. The van der Waals surface area contributed by atoms with Crippen molar-refractivity contribution in [2.24, 2.45) is 0 Å². The van der Waals surface area contributed by atoms with E-state index in [9.17, 15) is 4.79 Å². The van der Waals surface area contributed by atoms with Crippen molar-refractivity contribution in [2.45, 2.75) is 32.9 Å². The first kappa shape index (κ1) is 15.7. The Labute approximate surface area is 125 Å². The van der Waals surface area contributed by atoms with Crippen molar-refractivity contribution < 1.29 is 14.3 Å². The standard InChI is InChI=1S/C15H23N3O3/c1-15(2,3)17-14(19)21-13-10-12(4-5-16-13)11-18-6-8-20-9-7-18/h4-5,10H,6-9,11H2,1-3H3,(H,17,19). The molecule has 0 unspecified atom stereocenters. The molecule has 2 heterocycles. The molecule has 1 fully saturated rings. The van der Waals surface area contributed by atoms with E-state index in [1.807, 2.05) is 26.8 Å². The van der Waals surface area contributed by atoms with Crippen LogP contribution in [0.3, 0.4) is 0 Å². The van der Waals surface area contributed by atoms with Gasteiger partial charge in [-0.05, 0) is 32.4 Å². The summed E-state index contributed by atoms with van der Waals surface area (Å²) in [5.74, 6) is 0.322. The quantitative estimate of drug-likeness (QED) is 0.920. The van der Waals surface area contributed by atoms with E-state index in [2.05, 4.69) is 15.2 Å². The number of aromatic nitrogens is 1. The van der Waals surface area contributed by atoms with Gasteiger partial charge in [0.1, 0.15) is 0 Å². The zero-order valence-corrected chi connectivity index (χ0v) is 12.9. The van der Waals surface area contributed by atoms with Gasteiger partial charge in [-0.3, -0.25) is 4.90 Å². The third-order valence-electron chi connectivity index (χ3n) is 2.98. The number of carbonyl (C=O) groups excluding carboxylic acids is 1. The summed E-state index contributed by atoms with van der Waals surface area (Å²) in [4.78, 5) is 18.1. The molecule has 0 aliphatic carbocycles. The van der Waals surface area contributed by atoms with E-state index in [1.165, 1.54) is 0 Å². The number of pyridine rings is 1. The van der Waals surface area contributed by atoms with Crippen molar-refractivity contribution in [1.82, 2.24) is 15.2 Å². The van der Waals surface area contributed by atoms with Crippen LogP contribution in [0, 0.1) is 0 Å². The van der Waals surface area contributed by atoms with Crippen LogP contribution in [0.25, 0.3) is 0 Å². The molecule has 0 radical (unpaired) electrons. The Bertz CT molecular complexity index is 479. The summed E-state index contributed by atoms with van der Waals surface area (Å²) < 4.78 is 10.5. The van der Waals surface area contributed by atoms with Crippen LogP contribution in [-0.4, -0.2) is 47.8 Å². The number of nitrogens with one attached hydrogen (secondary N) is 1. The molecule has 21 heavy (non-hydrogen) atoms. The average Bonchev–Trinajstić information content (AvgIpc) is 2.38. The first-order valence-corrected chi connectivity index (χ1v) is 7.17. The fourth-order valence-electron chi connectivity index (χ4n) is 2.05. The molecule has 0 saturated carbocycles. The molecule has 116 valence electrons. The highest BCUT2D eigenvalue weighted by atomic mass is 16.6. The third kappa shape index (κ3) is 5.69. The van der Waals surface area contributed by atoms with Crippen LogP contribution in [0.4, 0.5) is 4.79 Å². The van der Waals surface area contributed by atoms with Crippen LogP contribution in [0.2, 0.25) is 0 Å². The number of hydrogen-bond donors (Lipinski definition) is 1. The van der Waals surface area contributed by atoms with Gasteiger partial charge in [0.05, 0.1) is 13.2 Å². The highest BCUT2D eigenvalue weighted by Gasteiger charge is 2.16. The lowest BCUT2D eigenvalue weighted by molar-refractivity contribution is 0.0341. The summed E-state index contributed by atoms with van der Waals surface area (Å²) in [6, 6.07) is 3.74. The molecule has 1 N–H and O–H groups in total. The third-order valence-corrected chi connectivity index (χ3v) is 2.98. The second kappa shape index (κ2) is 6.87. The summed E-state index contributed by atoms with van der Waals surface area (Å²) in [6.07, 6.45) is 1.17. The smallest absolute Gasteiger partial charge is 0.391 e. The van der Waals surface area contributed by atoms with Crippen molar-refractivity contribution in [3.8, 4) is 5.88 Å². The van der Waals surface area contributed by atoms with Crippen LogP contribution in [-0.2, 0) is 11.3 Å². The fraction of sp³-hybridized carbons (Fsp3) is 0.600. The van der Waals surface area contributed by atoms with Gasteiger partial charge in [0.25, 0.3) is 0 Å². The zero-order chi connectivity index (χ0) is 15.3. The molecule has 1 aromatic rings. The Hall–Kier alpha value is -1.66. The highest BCUT2D eigenvalue weighted by molar-refractivity contribution is 5.70. The Balaban J connectivity index is 1.92. The van der Waals surface area contributed by atoms with E-state index in [4.69, 9.17) is 9.47 Å². The van der Waals surface area contributed by atoms with Gasteiger partial charge in [-0.25, -0.2) is 9.78 Å². The number of amides is 1. The first-order chi connectivity index (χ1) is 9.92. The number of nitrogens with zero attached hydrogens (tertiary/aromatic N) is 2. The minimum absolute atomic E-state index is 0.322. The maximum absolute atomic E-state index is 11.7. The van der Waals surface area contributed by atoms with Crippen LogP contribution in [0.15, 0.2) is 18.3 Å². The lowest BCUT2D eigenvalue weighted by Gasteiger charge is -2.26. The zero-order valence-electron chi connectivity index (χ0n) is 12.9. The number of rotatable bonds is 3. The van der Waals surface area contributed by atoms with Crippen LogP contribution in [0.5, 0.6) is 5.88 Å². The molecule has 1 aliphatic heterocycles. The molecule has 1 amide bonds. The van der Waals surface area contributed by atoms with E-state index in [0.717, 1.165) is 38.4 Å². The largest absolute Gasteiger partial charge is 0.414 e. The van der Waals surface area contributed by atoms with Crippen LogP contribution in [0.1, 0.15) is 26.3 Å². The molecule has 1 aliphatic rings. The van der Waals surface area contributed by atoms with Crippen molar-refractivity contribution in [3.05, 3.63) is 23.9 Å². The Morgan fingerprint density at radius 1 is 1.43 bits per heavy atom. The maximum atomic E-state index is 11.7. The Morgan fingerprint density at radius 2 is 2.14 bits per heavy atom. The highest BCUT2D eigenvalue weighted by Crippen LogP contribution is 2.13. The second-order valence-electron chi connectivity index (χ2n) is 6.16. The average molecular weight is 293 g/mol. The van der Waals surface area contributed by atoms with Gasteiger partial charge < -0.3 is 14.8 Å². The summed E-state index contributed by atoms with van der Waals surface area (Å²) >= 11 is 0. The predicted octanol–water partition coefficient (Wildman–Crippen LogP) is 1.80. The van der Waals surface area contributed by atoms with Crippen molar-refractivity contribution in [2.75, 3.05) is 26.3 Å². The molecule has 6 heteroatoms. The number of ether oxygens (including phenoxy) is 2.